The normalized spacial score (nSPS) is 17.6. The van der Waals surface area contributed by atoms with Gasteiger partial charge >= 0.3 is 12.0 Å². The lowest BCUT2D eigenvalue weighted by Gasteiger charge is -2.50. The van der Waals surface area contributed by atoms with E-state index in [-0.39, 0.29) is 17.6 Å². The predicted octanol–water partition coefficient (Wildman–Crippen LogP) is 0.0623. The molecule has 1 fully saturated rings. The molecule has 2 rings (SSSR count). The van der Waals surface area contributed by atoms with Gasteiger partial charge in [-0.1, -0.05) is 13.8 Å². The van der Waals surface area contributed by atoms with Crippen LogP contribution in [0.1, 0.15) is 13.8 Å². The molecule has 0 aliphatic carbocycles. The fourth-order valence-corrected chi connectivity index (χ4v) is 1.82. The van der Waals surface area contributed by atoms with Gasteiger partial charge < -0.3 is 20.1 Å². The molecule has 7 nitrogen and oxygen atoms in total. The van der Waals surface area contributed by atoms with Crippen molar-refractivity contribution in [2.45, 2.75) is 19.4 Å². The van der Waals surface area contributed by atoms with E-state index in [4.69, 9.17) is 15.2 Å². The van der Waals surface area contributed by atoms with Gasteiger partial charge in [0.05, 0.1) is 19.8 Å². The molecule has 0 saturated carbocycles. The number of methoxy groups -OCH3 is 2. The minimum atomic E-state index is -0.174. The van der Waals surface area contributed by atoms with Crippen LogP contribution in [0.5, 0.6) is 12.0 Å². The Labute approximate surface area is 106 Å². The van der Waals surface area contributed by atoms with Gasteiger partial charge in [0, 0.05) is 13.1 Å². The van der Waals surface area contributed by atoms with E-state index in [1.54, 1.807) is 0 Å². The second kappa shape index (κ2) is 4.56. The quantitative estimate of drug-likeness (QED) is 0.812. The summed E-state index contributed by atoms with van der Waals surface area (Å²) in [5.74, 6) is 0.958. The Hall–Kier alpha value is -1.63. The maximum atomic E-state index is 6.24. The van der Waals surface area contributed by atoms with Crippen LogP contribution in [0, 0.1) is 5.92 Å². The minimum Gasteiger partial charge on any atom is -0.467 e. The standard InChI is InChI=1S/C11H19N5O2/c1-7(2)11(12)5-16(6-11)8-13-9(17-3)15-10(14-8)18-4/h7H,5-6,12H2,1-4H3. The zero-order chi connectivity index (χ0) is 13.3. The molecule has 100 valence electrons. The van der Waals surface area contributed by atoms with E-state index in [1.807, 2.05) is 4.90 Å². The molecule has 1 saturated heterocycles. The van der Waals surface area contributed by atoms with E-state index in [2.05, 4.69) is 28.8 Å². The summed E-state index contributed by atoms with van der Waals surface area (Å²) in [6, 6.07) is 0.492. The second-order valence-electron chi connectivity index (χ2n) is 4.85. The molecule has 0 bridgehead atoms. The van der Waals surface area contributed by atoms with Gasteiger partial charge in [0.25, 0.3) is 0 Å². The van der Waals surface area contributed by atoms with E-state index < -0.39 is 0 Å². The third kappa shape index (κ3) is 2.17. The lowest BCUT2D eigenvalue weighted by Crippen LogP contribution is -2.70. The average molecular weight is 253 g/mol. The maximum Gasteiger partial charge on any atom is 0.324 e. The van der Waals surface area contributed by atoms with Gasteiger partial charge in [0.15, 0.2) is 0 Å². The molecule has 1 aromatic heterocycles. The number of nitrogens with two attached hydrogens (primary N) is 1. The monoisotopic (exact) mass is 253 g/mol. The van der Waals surface area contributed by atoms with Crippen molar-refractivity contribution < 1.29 is 9.47 Å². The zero-order valence-corrected chi connectivity index (χ0v) is 11.2. The highest BCUT2D eigenvalue weighted by Gasteiger charge is 2.43. The van der Waals surface area contributed by atoms with Crippen molar-refractivity contribution in [2.75, 3.05) is 32.2 Å². The number of hydrogen-bond acceptors (Lipinski definition) is 7. The number of nitrogens with zero attached hydrogens (tertiary/aromatic N) is 4. The fraction of sp³-hybridized carbons (Fsp3) is 0.727. The van der Waals surface area contributed by atoms with Crippen LogP contribution in [0.25, 0.3) is 0 Å². The van der Waals surface area contributed by atoms with Crippen molar-refractivity contribution >= 4 is 5.95 Å². The van der Waals surface area contributed by atoms with Crippen molar-refractivity contribution in [3.8, 4) is 12.0 Å². The molecule has 7 heteroatoms. The van der Waals surface area contributed by atoms with Crippen LogP contribution in [-0.4, -0.2) is 47.8 Å². The molecule has 0 aromatic carbocycles. The minimum absolute atomic E-state index is 0.174. The Morgan fingerprint density at radius 1 is 1.11 bits per heavy atom. The molecule has 2 heterocycles. The number of anilines is 1. The number of ether oxygens (including phenoxy) is 2. The van der Waals surface area contributed by atoms with E-state index >= 15 is 0 Å². The first-order valence-corrected chi connectivity index (χ1v) is 5.86. The summed E-state index contributed by atoms with van der Waals surface area (Å²) >= 11 is 0. The Balaban J connectivity index is 2.16. The second-order valence-corrected chi connectivity index (χ2v) is 4.85. The van der Waals surface area contributed by atoms with Crippen LogP contribution in [-0.2, 0) is 0 Å². The molecule has 18 heavy (non-hydrogen) atoms. The van der Waals surface area contributed by atoms with Crippen LogP contribution in [0.3, 0.4) is 0 Å². The van der Waals surface area contributed by atoms with E-state index in [0.717, 1.165) is 13.1 Å². The summed E-state index contributed by atoms with van der Waals surface area (Å²) < 4.78 is 10.0. The van der Waals surface area contributed by atoms with E-state index in [1.165, 1.54) is 14.2 Å². The third-order valence-corrected chi connectivity index (χ3v) is 3.35. The maximum absolute atomic E-state index is 6.24. The van der Waals surface area contributed by atoms with Crippen molar-refractivity contribution in [1.29, 1.82) is 0 Å². The summed E-state index contributed by atoms with van der Waals surface area (Å²) in [5.41, 5.74) is 6.07. The van der Waals surface area contributed by atoms with Crippen molar-refractivity contribution in [2.24, 2.45) is 11.7 Å². The van der Waals surface area contributed by atoms with Crippen LogP contribution in [0.2, 0.25) is 0 Å². The van der Waals surface area contributed by atoms with Crippen molar-refractivity contribution in [1.82, 2.24) is 15.0 Å². The Morgan fingerprint density at radius 2 is 1.61 bits per heavy atom. The molecule has 0 atom stereocenters. The molecular weight excluding hydrogens is 234 g/mol. The molecule has 1 aliphatic heterocycles. The highest BCUT2D eigenvalue weighted by atomic mass is 16.5. The van der Waals surface area contributed by atoms with Gasteiger partial charge in [0.1, 0.15) is 0 Å². The van der Waals surface area contributed by atoms with Gasteiger partial charge in [-0.25, -0.2) is 0 Å². The van der Waals surface area contributed by atoms with Gasteiger partial charge in [-0.3, -0.25) is 0 Å². The molecule has 0 spiro atoms. The number of aromatic nitrogens is 3. The van der Waals surface area contributed by atoms with Gasteiger partial charge in [-0.15, -0.1) is 4.98 Å². The Bertz CT molecular complexity index is 409. The van der Waals surface area contributed by atoms with Gasteiger partial charge in [-0.2, -0.15) is 9.97 Å². The Kier molecular flexibility index (Phi) is 3.25. The van der Waals surface area contributed by atoms with Crippen LogP contribution < -0.4 is 20.1 Å². The number of rotatable bonds is 4. The van der Waals surface area contributed by atoms with E-state index in [0.29, 0.717) is 11.9 Å². The summed E-state index contributed by atoms with van der Waals surface area (Å²) in [6.07, 6.45) is 0. The zero-order valence-electron chi connectivity index (χ0n) is 11.2. The summed E-state index contributed by atoms with van der Waals surface area (Å²) in [4.78, 5) is 14.3. The topological polar surface area (TPSA) is 86.4 Å². The van der Waals surface area contributed by atoms with Crippen molar-refractivity contribution in [3.63, 3.8) is 0 Å². The molecule has 0 amide bonds. The number of hydrogen-bond donors (Lipinski definition) is 1. The highest BCUT2D eigenvalue weighted by Crippen LogP contribution is 2.30. The first-order chi connectivity index (χ1) is 8.48. The molecular formula is C11H19N5O2. The van der Waals surface area contributed by atoms with Crippen LogP contribution in [0.4, 0.5) is 5.95 Å². The third-order valence-electron chi connectivity index (χ3n) is 3.35. The fourth-order valence-electron chi connectivity index (χ4n) is 1.82. The highest BCUT2D eigenvalue weighted by molar-refractivity contribution is 5.40. The van der Waals surface area contributed by atoms with E-state index in [9.17, 15) is 0 Å². The molecule has 1 aliphatic rings. The molecule has 2 N–H and O–H groups in total. The van der Waals surface area contributed by atoms with Gasteiger partial charge in [0.2, 0.25) is 5.95 Å². The van der Waals surface area contributed by atoms with Crippen LogP contribution in [0.15, 0.2) is 0 Å². The molecule has 0 radical (unpaired) electrons. The SMILES string of the molecule is COc1nc(OC)nc(N2CC(N)(C(C)C)C2)n1. The molecule has 1 aromatic rings. The van der Waals surface area contributed by atoms with Crippen LogP contribution >= 0.6 is 0 Å². The lowest BCUT2D eigenvalue weighted by molar-refractivity contribution is 0.240. The largest absolute Gasteiger partial charge is 0.467 e. The smallest absolute Gasteiger partial charge is 0.324 e. The average Bonchev–Trinajstić information content (AvgIpc) is 2.33. The lowest BCUT2D eigenvalue weighted by atomic mass is 9.80. The predicted molar refractivity (Wildman–Crippen MR) is 66.9 cm³/mol. The Morgan fingerprint density at radius 3 is 2.00 bits per heavy atom. The molecule has 0 unspecified atom stereocenters. The summed E-state index contributed by atoms with van der Waals surface area (Å²) in [6.45, 7) is 5.68. The van der Waals surface area contributed by atoms with Crippen molar-refractivity contribution in [3.05, 3.63) is 0 Å². The summed E-state index contributed by atoms with van der Waals surface area (Å²) in [7, 11) is 3.02. The first kappa shape index (κ1) is 12.8. The van der Waals surface area contributed by atoms with Gasteiger partial charge in [-0.05, 0) is 5.92 Å². The summed E-state index contributed by atoms with van der Waals surface area (Å²) in [5, 5.41) is 0. The first-order valence-electron chi connectivity index (χ1n) is 5.86.